The number of halogens is 1. The molecule has 2 aromatic carbocycles. The molecule has 1 amide bonds. The Balaban J connectivity index is 1.93. The van der Waals surface area contributed by atoms with Gasteiger partial charge in [-0.2, -0.15) is 0 Å². The Morgan fingerprint density at radius 1 is 1.11 bits per heavy atom. The molecule has 0 aliphatic heterocycles. The van der Waals surface area contributed by atoms with Crippen LogP contribution in [0.15, 0.2) is 47.4 Å². The van der Waals surface area contributed by atoms with E-state index in [1.54, 1.807) is 36.4 Å². The predicted octanol–water partition coefficient (Wildman–Crippen LogP) is 4.15. The highest BCUT2D eigenvalue weighted by atomic mass is 35.5. The molecule has 0 aliphatic rings. The van der Waals surface area contributed by atoms with Crippen molar-refractivity contribution in [2.75, 3.05) is 11.9 Å². The quantitative estimate of drug-likeness (QED) is 0.688. The third-order valence-corrected chi connectivity index (χ3v) is 5.70. The topological polar surface area (TPSA) is 75.3 Å². The number of hydrogen-bond donors (Lipinski definition) is 2. The standard InChI is InChI=1S/C20H25ClN2O3S/c1-14(2)13-22-27(25,26)18-9-5-16(6-10-18)7-11-20(24)23-19-12-17(21)8-4-15(19)3/h4-6,8-10,12,14,22H,7,11,13H2,1-3H3,(H,23,24). The van der Waals surface area contributed by atoms with Crippen molar-refractivity contribution in [1.29, 1.82) is 0 Å². The van der Waals surface area contributed by atoms with E-state index < -0.39 is 10.0 Å². The first-order chi connectivity index (χ1) is 12.7. The van der Waals surface area contributed by atoms with E-state index in [0.29, 0.717) is 30.1 Å². The van der Waals surface area contributed by atoms with E-state index in [1.165, 1.54) is 0 Å². The molecule has 7 heteroatoms. The number of anilines is 1. The number of nitrogens with one attached hydrogen (secondary N) is 2. The zero-order chi connectivity index (χ0) is 20.0. The maximum Gasteiger partial charge on any atom is 0.240 e. The van der Waals surface area contributed by atoms with Gasteiger partial charge < -0.3 is 5.32 Å². The van der Waals surface area contributed by atoms with E-state index in [9.17, 15) is 13.2 Å². The fourth-order valence-corrected chi connectivity index (χ4v) is 3.78. The second kappa shape index (κ2) is 9.35. The lowest BCUT2D eigenvalue weighted by molar-refractivity contribution is -0.116. The van der Waals surface area contributed by atoms with E-state index >= 15 is 0 Å². The Morgan fingerprint density at radius 2 is 1.78 bits per heavy atom. The first-order valence-corrected chi connectivity index (χ1v) is 10.7. The first kappa shape index (κ1) is 21.4. The summed E-state index contributed by atoms with van der Waals surface area (Å²) >= 11 is 5.96. The van der Waals surface area contributed by atoms with Crippen molar-refractivity contribution >= 4 is 33.2 Å². The second-order valence-corrected chi connectivity index (χ2v) is 9.10. The summed E-state index contributed by atoms with van der Waals surface area (Å²) in [6, 6.07) is 12.0. The van der Waals surface area contributed by atoms with Crippen molar-refractivity contribution in [2.24, 2.45) is 5.92 Å². The lowest BCUT2D eigenvalue weighted by Gasteiger charge is -2.10. The summed E-state index contributed by atoms with van der Waals surface area (Å²) < 4.78 is 27.0. The van der Waals surface area contributed by atoms with Crippen LogP contribution in [-0.2, 0) is 21.2 Å². The Hall–Kier alpha value is -1.89. The molecular formula is C20H25ClN2O3S. The fourth-order valence-electron chi connectivity index (χ4n) is 2.39. The Morgan fingerprint density at radius 3 is 2.41 bits per heavy atom. The molecule has 27 heavy (non-hydrogen) atoms. The smallest absolute Gasteiger partial charge is 0.240 e. The van der Waals surface area contributed by atoms with Crippen molar-refractivity contribution in [3.05, 3.63) is 58.6 Å². The number of amides is 1. The summed E-state index contributed by atoms with van der Waals surface area (Å²) in [5, 5.41) is 3.42. The monoisotopic (exact) mass is 408 g/mol. The predicted molar refractivity (Wildman–Crippen MR) is 110 cm³/mol. The fraction of sp³-hybridized carbons (Fsp3) is 0.350. The summed E-state index contributed by atoms with van der Waals surface area (Å²) in [5.74, 6) is 0.122. The van der Waals surface area contributed by atoms with Crippen molar-refractivity contribution in [3.8, 4) is 0 Å². The molecule has 0 spiro atoms. The molecule has 2 rings (SSSR count). The van der Waals surface area contributed by atoms with Crippen molar-refractivity contribution in [1.82, 2.24) is 4.72 Å². The van der Waals surface area contributed by atoms with Gasteiger partial charge in [0.05, 0.1) is 4.90 Å². The van der Waals surface area contributed by atoms with Crippen molar-refractivity contribution in [2.45, 2.75) is 38.5 Å². The number of benzene rings is 2. The summed E-state index contributed by atoms with van der Waals surface area (Å²) in [6.45, 7) is 6.19. The van der Waals surface area contributed by atoms with Crippen LogP contribution < -0.4 is 10.0 Å². The number of hydrogen-bond acceptors (Lipinski definition) is 3. The number of sulfonamides is 1. The minimum Gasteiger partial charge on any atom is -0.326 e. The highest BCUT2D eigenvalue weighted by Gasteiger charge is 2.14. The van der Waals surface area contributed by atoms with Crippen LogP contribution in [0.4, 0.5) is 5.69 Å². The van der Waals surface area contributed by atoms with E-state index in [1.807, 2.05) is 26.8 Å². The average molecular weight is 409 g/mol. The van der Waals surface area contributed by atoms with Gasteiger partial charge >= 0.3 is 0 Å². The molecular weight excluding hydrogens is 384 g/mol. The van der Waals surface area contributed by atoms with Crippen molar-refractivity contribution < 1.29 is 13.2 Å². The van der Waals surface area contributed by atoms with Crippen LogP contribution in [0, 0.1) is 12.8 Å². The number of aryl methyl sites for hydroxylation is 2. The number of carbonyl (C=O) groups excluding carboxylic acids is 1. The molecule has 2 aromatic rings. The van der Waals surface area contributed by atoms with Gasteiger partial charge in [0, 0.05) is 23.7 Å². The summed E-state index contributed by atoms with van der Waals surface area (Å²) in [6.07, 6.45) is 0.814. The zero-order valence-corrected chi connectivity index (χ0v) is 17.3. The highest BCUT2D eigenvalue weighted by Crippen LogP contribution is 2.20. The van der Waals surface area contributed by atoms with Gasteiger partial charge in [0.2, 0.25) is 15.9 Å². The molecule has 0 atom stereocenters. The van der Waals surface area contributed by atoms with Gasteiger partial charge in [-0.1, -0.05) is 43.6 Å². The van der Waals surface area contributed by atoms with Gasteiger partial charge in [-0.3, -0.25) is 4.79 Å². The Labute approximate surface area is 166 Å². The van der Waals surface area contributed by atoms with E-state index in [4.69, 9.17) is 11.6 Å². The van der Waals surface area contributed by atoms with Crippen LogP contribution in [-0.4, -0.2) is 20.9 Å². The van der Waals surface area contributed by atoms with Crippen LogP contribution >= 0.6 is 11.6 Å². The van der Waals surface area contributed by atoms with Crippen LogP contribution in [0.2, 0.25) is 5.02 Å². The minimum atomic E-state index is -3.49. The van der Waals surface area contributed by atoms with Gasteiger partial charge in [-0.25, -0.2) is 13.1 Å². The SMILES string of the molecule is Cc1ccc(Cl)cc1NC(=O)CCc1ccc(S(=O)(=O)NCC(C)C)cc1. The zero-order valence-electron chi connectivity index (χ0n) is 15.8. The normalized spacial score (nSPS) is 11.6. The van der Waals surface area contributed by atoms with E-state index in [2.05, 4.69) is 10.0 Å². The third kappa shape index (κ3) is 6.65. The molecule has 0 bridgehead atoms. The van der Waals surface area contributed by atoms with E-state index in [-0.39, 0.29) is 16.7 Å². The molecule has 0 saturated heterocycles. The van der Waals surface area contributed by atoms with Gasteiger partial charge in [0.1, 0.15) is 0 Å². The van der Waals surface area contributed by atoms with Gasteiger partial charge in [-0.15, -0.1) is 0 Å². The van der Waals surface area contributed by atoms with Crippen LogP contribution in [0.25, 0.3) is 0 Å². The van der Waals surface area contributed by atoms with Crippen LogP contribution in [0.3, 0.4) is 0 Å². The molecule has 0 saturated carbocycles. The molecule has 146 valence electrons. The first-order valence-electron chi connectivity index (χ1n) is 8.82. The molecule has 0 unspecified atom stereocenters. The number of carbonyl (C=O) groups is 1. The Bertz CT molecular complexity index is 894. The molecule has 0 radical (unpaired) electrons. The summed E-state index contributed by atoms with van der Waals surface area (Å²) in [7, 11) is -3.49. The molecule has 0 fully saturated rings. The Kier molecular flexibility index (Phi) is 7.41. The maximum absolute atomic E-state index is 12.2. The number of rotatable bonds is 8. The summed E-state index contributed by atoms with van der Waals surface area (Å²) in [5.41, 5.74) is 2.54. The van der Waals surface area contributed by atoms with Crippen LogP contribution in [0.1, 0.15) is 31.4 Å². The highest BCUT2D eigenvalue weighted by molar-refractivity contribution is 7.89. The van der Waals surface area contributed by atoms with Crippen LogP contribution in [0.5, 0.6) is 0 Å². The lowest BCUT2D eigenvalue weighted by atomic mass is 10.1. The lowest BCUT2D eigenvalue weighted by Crippen LogP contribution is -2.27. The van der Waals surface area contributed by atoms with Gasteiger partial charge in [0.25, 0.3) is 0 Å². The largest absolute Gasteiger partial charge is 0.326 e. The van der Waals surface area contributed by atoms with Gasteiger partial charge in [-0.05, 0) is 54.7 Å². The van der Waals surface area contributed by atoms with E-state index in [0.717, 1.165) is 11.1 Å². The molecule has 0 aliphatic carbocycles. The molecule has 5 nitrogen and oxygen atoms in total. The third-order valence-electron chi connectivity index (χ3n) is 4.03. The average Bonchev–Trinajstić information content (AvgIpc) is 2.62. The second-order valence-electron chi connectivity index (χ2n) is 6.90. The maximum atomic E-state index is 12.2. The molecule has 0 aromatic heterocycles. The van der Waals surface area contributed by atoms with Gasteiger partial charge in [0.15, 0.2) is 0 Å². The van der Waals surface area contributed by atoms with Crippen molar-refractivity contribution in [3.63, 3.8) is 0 Å². The molecule has 2 N–H and O–H groups in total. The summed E-state index contributed by atoms with van der Waals surface area (Å²) in [4.78, 5) is 12.4. The molecule has 0 heterocycles. The minimum absolute atomic E-state index is 0.115.